The molecule has 0 amide bonds. The molecule has 2 atom stereocenters. The Bertz CT molecular complexity index is 526. The number of nitrogens with zero attached hydrogens (tertiary/aromatic N) is 2. The number of aromatic nitrogens is 2. The van der Waals surface area contributed by atoms with Gasteiger partial charge in [-0.25, -0.2) is 8.42 Å². The number of nitrogens with one attached hydrogen (secondary N) is 1. The van der Waals surface area contributed by atoms with E-state index in [0.29, 0.717) is 18.8 Å². The molecule has 1 aliphatic carbocycles. The minimum Gasteiger partial charge on any atom is -0.330 e. The van der Waals surface area contributed by atoms with Crippen molar-refractivity contribution in [1.82, 2.24) is 14.5 Å². The molecule has 0 aliphatic heterocycles. The largest absolute Gasteiger partial charge is 0.330 e. The van der Waals surface area contributed by atoms with E-state index >= 15 is 0 Å². The van der Waals surface area contributed by atoms with E-state index in [4.69, 9.17) is 5.73 Å². The van der Waals surface area contributed by atoms with Crippen LogP contribution in [0.1, 0.15) is 31.9 Å². The quantitative estimate of drug-likeness (QED) is 0.839. The summed E-state index contributed by atoms with van der Waals surface area (Å²) in [7, 11) is -3.48. The molecule has 19 heavy (non-hydrogen) atoms. The van der Waals surface area contributed by atoms with Gasteiger partial charge >= 0.3 is 0 Å². The van der Waals surface area contributed by atoms with Crippen LogP contribution in [0.5, 0.6) is 0 Å². The first-order valence-corrected chi connectivity index (χ1v) is 8.18. The summed E-state index contributed by atoms with van der Waals surface area (Å²) in [4.78, 5) is 0.275. The van der Waals surface area contributed by atoms with Crippen LogP contribution in [0.3, 0.4) is 0 Å². The fraction of sp³-hybridized carbons (Fsp3) is 0.750. The summed E-state index contributed by atoms with van der Waals surface area (Å²) in [5, 5.41) is 6.50. The number of H-pyrrole nitrogens is 1. The highest BCUT2D eigenvalue weighted by Gasteiger charge is 2.38. The van der Waals surface area contributed by atoms with Gasteiger partial charge in [-0.2, -0.15) is 9.40 Å². The Morgan fingerprint density at radius 1 is 1.53 bits per heavy atom. The Balaban J connectivity index is 2.34. The maximum absolute atomic E-state index is 12.7. The average molecular weight is 286 g/mol. The van der Waals surface area contributed by atoms with E-state index in [0.717, 1.165) is 19.3 Å². The van der Waals surface area contributed by atoms with Crippen LogP contribution in [0.2, 0.25) is 0 Å². The highest BCUT2D eigenvalue weighted by Crippen LogP contribution is 2.33. The molecular weight excluding hydrogens is 264 g/mol. The highest BCUT2D eigenvalue weighted by atomic mass is 32.2. The second kappa shape index (κ2) is 5.60. The number of rotatable bonds is 5. The minimum absolute atomic E-state index is 0.0225. The Kier molecular flexibility index (Phi) is 4.27. The molecule has 1 fully saturated rings. The Hall–Kier alpha value is -0.920. The topological polar surface area (TPSA) is 92.1 Å². The smallest absolute Gasteiger partial charge is 0.246 e. The lowest BCUT2D eigenvalue weighted by atomic mass is 10.0. The van der Waals surface area contributed by atoms with E-state index in [-0.39, 0.29) is 16.9 Å². The van der Waals surface area contributed by atoms with Crippen LogP contribution < -0.4 is 5.73 Å². The Morgan fingerprint density at radius 3 is 2.79 bits per heavy atom. The predicted octanol–water partition coefficient (Wildman–Crippen LogP) is 0.856. The molecule has 3 N–H and O–H groups in total. The summed E-state index contributed by atoms with van der Waals surface area (Å²) in [5.41, 5.74) is 6.35. The van der Waals surface area contributed by atoms with Crippen LogP contribution >= 0.6 is 0 Å². The van der Waals surface area contributed by atoms with Gasteiger partial charge in [0.05, 0.1) is 11.9 Å². The number of aryl methyl sites for hydroxylation is 1. The summed E-state index contributed by atoms with van der Waals surface area (Å²) < 4.78 is 27.0. The van der Waals surface area contributed by atoms with Gasteiger partial charge in [0.15, 0.2) is 0 Å². The third-order valence-electron chi connectivity index (χ3n) is 3.97. The minimum atomic E-state index is -3.48. The van der Waals surface area contributed by atoms with E-state index in [2.05, 4.69) is 10.2 Å². The standard InChI is InChI=1S/C12H22N4O2S/c1-3-16(11-6-4-5-10(11)7-13)19(17,18)12-8-14-15-9(12)2/h8,10-11H,3-7,13H2,1-2H3,(H,14,15). The molecule has 0 aromatic carbocycles. The maximum Gasteiger partial charge on any atom is 0.246 e. The van der Waals surface area contributed by atoms with E-state index in [1.165, 1.54) is 6.20 Å². The van der Waals surface area contributed by atoms with Crippen molar-refractivity contribution in [3.63, 3.8) is 0 Å². The molecule has 2 unspecified atom stereocenters. The van der Waals surface area contributed by atoms with Crippen LogP contribution in [0.25, 0.3) is 0 Å². The van der Waals surface area contributed by atoms with Crippen molar-refractivity contribution in [2.45, 2.75) is 44.0 Å². The third-order valence-corrected chi connectivity index (χ3v) is 6.09. The first-order chi connectivity index (χ1) is 9.02. The van der Waals surface area contributed by atoms with Crippen molar-refractivity contribution in [3.05, 3.63) is 11.9 Å². The van der Waals surface area contributed by atoms with E-state index < -0.39 is 10.0 Å². The molecule has 1 aromatic heterocycles. The normalized spacial score (nSPS) is 24.2. The Morgan fingerprint density at radius 2 is 2.26 bits per heavy atom. The van der Waals surface area contributed by atoms with Crippen molar-refractivity contribution < 1.29 is 8.42 Å². The van der Waals surface area contributed by atoms with Gasteiger partial charge in [-0.3, -0.25) is 5.10 Å². The molecule has 0 bridgehead atoms. The van der Waals surface area contributed by atoms with Crippen LogP contribution in [0.15, 0.2) is 11.1 Å². The van der Waals surface area contributed by atoms with Gasteiger partial charge in [-0.1, -0.05) is 13.3 Å². The monoisotopic (exact) mass is 286 g/mol. The zero-order valence-electron chi connectivity index (χ0n) is 11.5. The second-order valence-electron chi connectivity index (χ2n) is 5.06. The predicted molar refractivity (Wildman–Crippen MR) is 73.1 cm³/mol. The zero-order valence-corrected chi connectivity index (χ0v) is 12.3. The average Bonchev–Trinajstić information content (AvgIpc) is 2.98. The molecule has 108 valence electrons. The molecule has 7 heteroatoms. The molecule has 1 aromatic rings. The summed E-state index contributed by atoms with van der Waals surface area (Å²) >= 11 is 0. The second-order valence-corrected chi connectivity index (χ2v) is 6.92. The van der Waals surface area contributed by atoms with E-state index in [1.54, 1.807) is 11.2 Å². The highest BCUT2D eigenvalue weighted by molar-refractivity contribution is 7.89. The number of sulfonamides is 1. The Labute approximate surface area is 114 Å². The summed E-state index contributed by atoms with van der Waals surface area (Å²) in [6.07, 6.45) is 4.34. The van der Waals surface area contributed by atoms with Crippen LogP contribution in [-0.2, 0) is 10.0 Å². The maximum atomic E-state index is 12.7. The van der Waals surface area contributed by atoms with Crippen molar-refractivity contribution in [1.29, 1.82) is 0 Å². The van der Waals surface area contributed by atoms with Gasteiger partial charge < -0.3 is 5.73 Å². The van der Waals surface area contributed by atoms with Crippen molar-refractivity contribution in [2.24, 2.45) is 11.7 Å². The molecular formula is C12H22N4O2S. The number of hydrogen-bond acceptors (Lipinski definition) is 4. The van der Waals surface area contributed by atoms with Crippen molar-refractivity contribution in [2.75, 3.05) is 13.1 Å². The molecule has 2 rings (SSSR count). The molecule has 0 spiro atoms. The van der Waals surface area contributed by atoms with Gasteiger partial charge in [0.25, 0.3) is 0 Å². The number of aromatic amines is 1. The number of nitrogens with two attached hydrogens (primary N) is 1. The lowest BCUT2D eigenvalue weighted by molar-refractivity contribution is 0.276. The molecule has 0 saturated heterocycles. The zero-order chi connectivity index (χ0) is 14.0. The fourth-order valence-electron chi connectivity index (χ4n) is 2.98. The first-order valence-electron chi connectivity index (χ1n) is 6.74. The fourth-order valence-corrected chi connectivity index (χ4v) is 4.83. The van der Waals surface area contributed by atoms with Crippen LogP contribution in [-0.4, -0.2) is 42.1 Å². The lowest BCUT2D eigenvalue weighted by Crippen LogP contribution is -2.44. The SMILES string of the molecule is CCN(C1CCCC1CN)S(=O)(=O)c1cn[nH]c1C. The summed E-state index contributed by atoms with van der Waals surface area (Å²) in [6.45, 7) is 4.61. The summed E-state index contributed by atoms with van der Waals surface area (Å²) in [6, 6.07) is 0.0225. The van der Waals surface area contributed by atoms with Crippen molar-refractivity contribution in [3.8, 4) is 0 Å². The van der Waals surface area contributed by atoms with Gasteiger partial charge in [-0.15, -0.1) is 0 Å². The van der Waals surface area contributed by atoms with E-state index in [1.807, 2.05) is 6.92 Å². The lowest BCUT2D eigenvalue weighted by Gasteiger charge is -2.30. The third kappa shape index (κ3) is 2.54. The van der Waals surface area contributed by atoms with Crippen LogP contribution in [0.4, 0.5) is 0 Å². The van der Waals surface area contributed by atoms with Gasteiger partial charge in [-0.05, 0) is 32.2 Å². The van der Waals surface area contributed by atoms with Gasteiger partial charge in [0.1, 0.15) is 4.90 Å². The molecule has 6 nitrogen and oxygen atoms in total. The molecule has 0 radical (unpaired) electrons. The number of hydrogen-bond donors (Lipinski definition) is 2. The molecule has 1 heterocycles. The first kappa shape index (κ1) is 14.5. The molecule has 1 saturated carbocycles. The van der Waals surface area contributed by atoms with E-state index in [9.17, 15) is 8.42 Å². The van der Waals surface area contributed by atoms with Gasteiger partial charge in [0.2, 0.25) is 10.0 Å². The van der Waals surface area contributed by atoms with Crippen molar-refractivity contribution >= 4 is 10.0 Å². The van der Waals surface area contributed by atoms with Gasteiger partial charge in [0, 0.05) is 12.6 Å². The van der Waals surface area contributed by atoms with Crippen LogP contribution in [0, 0.1) is 12.8 Å². The molecule has 1 aliphatic rings. The summed E-state index contributed by atoms with van der Waals surface area (Å²) in [5.74, 6) is 0.266.